The second-order valence-electron chi connectivity index (χ2n) is 6.60. The molecule has 0 aromatic heterocycles. The standard InChI is InChI=1S/C22H23N3O4/c1-4-13-25-21(27)19(15-9-11-16(12-10-15)23-14(2)26)20(22(25)28)24-17-7-5-6-8-18(17)29-3/h5-12,24H,4,13H2,1-3H3,(H,23,26). The summed E-state index contributed by atoms with van der Waals surface area (Å²) in [6.45, 7) is 3.67. The smallest absolute Gasteiger partial charge is 0.278 e. The molecule has 0 saturated carbocycles. The molecule has 0 aliphatic carbocycles. The Hall–Kier alpha value is -3.61. The van der Waals surface area contributed by atoms with Crippen molar-refractivity contribution in [3.8, 4) is 5.75 Å². The van der Waals surface area contributed by atoms with Crippen LogP contribution in [0.5, 0.6) is 5.75 Å². The van der Waals surface area contributed by atoms with E-state index < -0.39 is 0 Å². The third kappa shape index (κ3) is 4.13. The molecule has 3 amide bonds. The van der Waals surface area contributed by atoms with E-state index in [9.17, 15) is 14.4 Å². The summed E-state index contributed by atoms with van der Waals surface area (Å²) in [5, 5.41) is 5.79. The zero-order chi connectivity index (χ0) is 21.0. The quantitative estimate of drug-likeness (QED) is 0.705. The Kier molecular flexibility index (Phi) is 5.97. The van der Waals surface area contributed by atoms with Gasteiger partial charge in [0.05, 0.1) is 18.4 Å². The molecule has 0 bridgehead atoms. The molecular formula is C22H23N3O4. The predicted octanol–water partition coefficient (Wildman–Crippen LogP) is 3.26. The number of para-hydroxylation sites is 2. The normalized spacial score (nSPS) is 13.7. The first-order valence-electron chi connectivity index (χ1n) is 9.34. The monoisotopic (exact) mass is 393 g/mol. The van der Waals surface area contributed by atoms with E-state index in [0.717, 1.165) is 0 Å². The predicted molar refractivity (Wildman–Crippen MR) is 111 cm³/mol. The fourth-order valence-electron chi connectivity index (χ4n) is 3.19. The number of rotatable bonds is 7. The van der Waals surface area contributed by atoms with Crippen molar-refractivity contribution < 1.29 is 19.1 Å². The van der Waals surface area contributed by atoms with Gasteiger partial charge in [0.2, 0.25) is 5.91 Å². The summed E-state index contributed by atoms with van der Waals surface area (Å²) in [5.41, 5.74) is 2.30. The van der Waals surface area contributed by atoms with Gasteiger partial charge < -0.3 is 15.4 Å². The number of benzene rings is 2. The number of carbonyl (C=O) groups excluding carboxylic acids is 3. The average molecular weight is 393 g/mol. The number of imide groups is 1. The minimum atomic E-state index is -0.372. The summed E-state index contributed by atoms with van der Waals surface area (Å²) in [6.07, 6.45) is 0.661. The van der Waals surface area contributed by atoms with Crippen LogP contribution >= 0.6 is 0 Å². The Morgan fingerprint density at radius 2 is 1.72 bits per heavy atom. The maximum Gasteiger partial charge on any atom is 0.278 e. The summed E-state index contributed by atoms with van der Waals surface area (Å²) in [6, 6.07) is 14.0. The lowest BCUT2D eigenvalue weighted by Gasteiger charge is -2.14. The molecule has 0 fully saturated rings. The summed E-state index contributed by atoms with van der Waals surface area (Å²) in [4.78, 5) is 38.5. The van der Waals surface area contributed by atoms with E-state index in [1.54, 1.807) is 43.5 Å². The van der Waals surface area contributed by atoms with Crippen LogP contribution in [0.15, 0.2) is 54.2 Å². The molecule has 7 heteroatoms. The van der Waals surface area contributed by atoms with Gasteiger partial charge in [0.1, 0.15) is 11.4 Å². The second-order valence-corrected chi connectivity index (χ2v) is 6.60. The summed E-state index contributed by atoms with van der Waals surface area (Å²) in [5.74, 6) is -0.337. The summed E-state index contributed by atoms with van der Waals surface area (Å²) < 4.78 is 5.35. The van der Waals surface area contributed by atoms with Gasteiger partial charge in [0.15, 0.2) is 0 Å². The van der Waals surface area contributed by atoms with Crippen LogP contribution in [0, 0.1) is 0 Å². The molecule has 0 spiro atoms. The van der Waals surface area contributed by atoms with Crippen molar-refractivity contribution in [1.29, 1.82) is 0 Å². The first-order valence-corrected chi connectivity index (χ1v) is 9.34. The van der Waals surface area contributed by atoms with Crippen LogP contribution in [0.25, 0.3) is 5.57 Å². The van der Waals surface area contributed by atoms with Gasteiger partial charge in [-0.05, 0) is 36.2 Å². The number of ether oxygens (including phenoxy) is 1. The number of nitrogens with one attached hydrogen (secondary N) is 2. The van der Waals surface area contributed by atoms with Gasteiger partial charge in [-0.25, -0.2) is 0 Å². The van der Waals surface area contributed by atoms with Crippen LogP contribution in [0.3, 0.4) is 0 Å². The van der Waals surface area contributed by atoms with Crippen LogP contribution in [0.4, 0.5) is 11.4 Å². The van der Waals surface area contributed by atoms with Gasteiger partial charge in [0, 0.05) is 19.2 Å². The van der Waals surface area contributed by atoms with Crippen LogP contribution in [0.2, 0.25) is 0 Å². The largest absolute Gasteiger partial charge is 0.495 e. The highest BCUT2D eigenvalue weighted by Crippen LogP contribution is 2.33. The molecule has 3 rings (SSSR count). The van der Waals surface area contributed by atoms with E-state index in [4.69, 9.17) is 4.74 Å². The topological polar surface area (TPSA) is 87.7 Å². The summed E-state index contributed by atoms with van der Waals surface area (Å²) >= 11 is 0. The molecule has 2 N–H and O–H groups in total. The Balaban J connectivity index is 2.04. The van der Waals surface area contributed by atoms with E-state index in [1.807, 2.05) is 19.1 Å². The van der Waals surface area contributed by atoms with Crippen molar-refractivity contribution in [2.75, 3.05) is 24.3 Å². The number of methoxy groups -OCH3 is 1. The fraction of sp³-hybridized carbons (Fsp3) is 0.227. The van der Waals surface area contributed by atoms with Gasteiger partial charge in [-0.3, -0.25) is 19.3 Å². The van der Waals surface area contributed by atoms with E-state index in [1.165, 1.54) is 11.8 Å². The lowest BCUT2D eigenvalue weighted by Crippen LogP contribution is -2.33. The first-order chi connectivity index (χ1) is 14.0. The average Bonchev–Trinajstić information content (AvgIpc) is 2.93. The molecule has 1 heterocycles. The van der Waals surface area contributed by atoms with Gasteiger partial charge >= 0.3 is 0 Å². The van der Waals surface area contributed by atoms with Crippen molar-refractivity contribution in [2.24, 2.45) is 0 Å². The van der Waals surface area contributed by atoms with Crippen LogP contribution in [0.1, 0.15) is 25.8 Å². The maximum absolute atomic E-state index is 13.0. The van der Waals surface area contributed by atoms with Crippen molar-refractivity contribution in [3.05, 3.63) is 59.8 Å². The van der Waals surface area contributed by atoms with Crippen LogP contribution < -0.4 is 15.4 Å². The lowest BCUT2D eigenvalue weighted by molar-refractivity contribution is -0.136. The zero-order valence-corrected chi connectivity index (χ0v) is 16.6. The number of anilines is 2. The van der Waals surface area contributed by atoms with Crippen molar-refractivity contribution in [3.63, 3.8) is 0 Å². The molecule has 0 atom stereocenters. The molecule has 7 nitrogen and oxygen atoms in total. The Bertz CT molecular complexity index is 980. The molecule has 29 heavy (non-hydrogen) atoms. The Labute approximate surface area is 169 Å². The number of nitrogens with zero attached hydrogens (tertiary/aromatic N) is 1. The molecule has 2 aromatic carbocycles. The third-order valence-electron chi connectivity index (χ3n) is 4.48. The van der Waals surface area contributed by atoms with E-state index >= 15 is 0 Å². The molecule has 0 saturated heterocycles. The minimum absolute atomic E-state index is 0.184. The molecule has 0 unspecified atom stereocenters. The van der Waals surface area contributed by atoms with Gasteiger partial charge in [-0.15, -0.1) is 0 Å². The van der Waals surface area contributed by atoms with Crippen molar-refractivity contribution in [2.45, 2.75) is 20.3 Å². The number of hydrogen-bond donors (Lipinski definition) is 2. The van der Waals surface area contributed by atoms with E-state index in [-0.39, 0.29) is 23.4 Å². The van der Waals surface area contributed by atoms with Crippen molar-refractivity contribution >= 4 is 34.7 Å². The van der Waals surface area contributed by atoms with E-state index in [2.05, 4.69) is 10.6 Å². The molecule has 0 radical (unpaired) electrons. The highest BCUT2D eigenvalue weighted by molar-refractivity contribution is 6.36. The molecule has 2 aromatic rings. The minimum Gasteiger partial charge on any atom is -0.495 e. The SMILES string of the molecule is CCCN1C(=O)C(Nc2ccccc2OC)=C(c2ccc(NC(C)=O)cc2)C1=O. The number of hydrogen-bond acceptors (Lipinski definition) is 5. The molecule has 1 aliphatic rings. The lowest BCUT2D eigenvalue weighted by atomic mass is 10.0. The molecular weight excluding hydrogens is 370 g/mol. The van der Waals surface area contributed by atoms with Crippen molar-refractivity contribution in [1.82, 2.24) is 4.90 Å². The maximum atomic E-state index is 13.0. The zero-order valence-electron chi connectivity index (χ0n) is 16.6. The summed E-state index contributed by atoms with van der Waals surface area (Å²) in [7, 11) is 1.54. The van der Waals surface area contributed by atoms with E-state index in [0.29, 0.717) is 41.2 Å². The highest BCUT2D eigenvalue weighted by Gasteiger charge is 2.38. The second kappa shape index (κ2) is 8.60. The van der Waals surface area contributed by atoms with Gasteiger partial charge in [-0.1, -0.05) is 31.2 Å². The fourth-order valence-corrected chi connectivity index (χ4v) is 3.19. The van der Waals surface area contributed by atoms with Crippen LogP contribution in [-0.4, -0.2) is 36.3 Å². The highest BCUT2D eigenvalue weighted by atomic mass is 16.5. The van der Waals surface area contributed by atoms with Gasteiger partial charge in [-0.2, -0.15) is 0 Å². The Morgan fingerprint density at radius 3 is 2.34 bits per heavy atom. The third-order valence-corrected chi connectivity index (χ3v) is 4.48. The Morgan fingerprint density at radius 1 is 1.03 bits per heavy atom. The molecule has 1 aliphatic heterocycles. The first kappa shape index (κ1) is 20.1. The van der Waals surface area contributed by atoms with Gasteiger partial charge in [0.25, 0.3) is 11.8 Å². The molecule has 150 valence electrons. The number of amides is 3. The van der Waals surface area contributed by atoms with Crippen LogP contribution in [-0.2, 0) is 14.4 Å². The number of carbonyl (C=O) groups is 3.